The predicted molar refractivity (Wildman–Crippen MR) is 68.0 cm³/mol. The number of carbonyl (C=O) groups excluding carboxylic acids is 1. The van der Waals surface area contributed by atoms with Crippen LogP contribution in [0.4, 0.5) is 0 Å². The van der Waals surface area contributed by atoms with Crippen molar-refractivity contribution in [3.63, 3.8) is 0 Å². The molecule has 0 aromatic heterocycles. The molecule has 0 aliphatic carbocycles. The number of unbranched alkanes of at least 4 members (excludes halogenated alkanes) is 6. The van der Waals surface area contributed by atoms with Gasteiger partial charge in [-0.2, -0.15) is 0 Å². The Bertz CT molecular complexity index is 183. The SMILES string of the molecule is C=C(C)C(=O)[O-].C=CCCCCCCCC. The van der Waals surface area contributed by atoms with Crippen LogP contribution in [-0.2, 0) is 4.79 Å². The second kappa shape index (κ2) is 13.9. The maximum atomic E-state index is 9.49. The highest BCUT2D eigenvalue weighted by Crippen LogP contribution is 2.06. The number of carboxylic acids is 1. The quantitative estimate of drug-likeness (QED) is 0.361. The third-order valence-electron chi connectivity index (χ3n) is 2.11. The summed E-state index contributed by atoms with van der Waals surface area (Å²) < 4.78 is 0. The number of carboxylic acid groups (broad SMARTS) is 1. The molecule has 2 nitrogen and oxygen atoms in total. The lowest BCUT2D eigenvalue weighted by Crippen LogP contribution is -2.22. The molecule has 0 bridgehead atoms. The van der Waals surface area contributed by atoms with Gasteiger partial charge in [-0.25, -0.2) is 0 Å². The normalized spacial score (nSPS) is 8.88. The number of allylic oxidation sites excluding steroid dienone is 1. The second-order valence-electron chi connectivity index (χ2n) is 3.91. The zero-order valence-corrected chi connectivity index (χ0v) is 10.8. The summed E-state index contributed by atoms with van der Waals surface area (Å²) in [7, 11) is 0. The summed E-state index contributed by atoms with van der Waals surface area (Å²) in [6, 6.07) is 0. The molecule has 0 aliphatic rings. The third kappa shape index (κ3) is 18.7. The minimum Gasteiger partial charge on any atom is -0.545 e. The van der Waals surface area contributed by atoms with Crippen molar-refractivity contribution in [2.45, 2.75) is 58.8 Å². The van der Waals surface area contributed by atoms with Gasteiger partial charge in [-0.3, -0.25) is 0 Å². The van der Waals surface area contributed by atoms with Crippen LogP contribution in [-0.4, -0.2) is 5.97 Å². The Balaban J connectivity index is 0. The van der Waals surface area contributed by atoms with Gasteiger partial charge < -0.3 is 9.90 Å². The molecule has 0 saturated heterocycles. The van der Waals surface area contributed by atoms with Gasteiger partial charge in [0.1, 0.15) is 0 Å². The van der Waals surface area contributed by atoms with Gasteiger partial charge in [0.15, 0.2) is 0 Å². The molecule has 0 aromatic carbocycles. The van der Waals surface area contributed by atoms with Crippen molar-refractivity contribution >= 4 is 5.97 Å². The topological polar surface area (TPSA) is 40.1 Å². The number of hydrogen-bond donors (Lipinski definition) is 0. The summed E-state index contributed by atoms with van der Waals surface area (Å²) in [5.41, 5.74) is 0.0648. The summed E-state index contributed by atoms with van der Waals surface area (Å²) in [5, 5.41) is 9.49. The summed E-state index contributed by atoms with van der Waals surface area (Å²) in [6.07, 6.45) is 11.6. The van der Waals surface area contributed by atoms with E-state index in [2.05, 4.69) is 20.1 Å². The minimum absolute atomic E-state index is 0.0648. The summed E-state index contributed by atoms with van der Waals surface area (Å²) in [6.45, 7) is 10.4. The molecule has 0 radical (unpaired) electrons. The summed E-state index contributed by atoms with van der Waals surface area (Å²) in [5.74, 6) is -1.19. The standard InChI is InChI=1S/C10H20.C4H6O2/c1-3-5-7-9-10-8-6-4-2;1-3(2)4(5)6/h3H,1,4-10H2,2H3;1H2,2H3,(H,5,6)/p-1. The van der Waals surface area contributed by atoms with Crippen LogP contribution in [0, 0.1) is 0 Å². The van der Waals surface area contributed by atoms with Gasteiger partial charge in [-0.05, 0) is 25.3 Å². The van der Waals surface area contributed by atoms with Crippen molar-refractivity contribution in [2.75, 3.05) is 0 Å². The molecule has 0 amide bonds. The molecule has 0 rings (SSSR count). The number of rotatable bonds is 8. The molecular formula is C14H25O2-. The first-order valence-corrected chi connectivity index (χ1v) is 6.04. The second-order valence-corrected chi connectivity index (χ2v) is 3.91. The molecule has 94 valence electrons. The molecule has 0 unspecified atom stereocenters. The van der Waals surface area contributed by atoms with E-state index >= 15 is 0 Å². The van der Waals surface area contributed by atoms with Crippen molar-refractivity contribution in [2.24, 2.45) is 0 Å². The lowest BCUT2D eigenvalue weighted by molar-refractivity contribution is -0.299. The third-order valence-corrected chi connectivity index (χ3v) is 2.11. The van der Waals surface area contributed by atoms with E-state index in [1.54, 1.807) is 0 Å². The number of aliphatic carboxylic acids is 1. The fourth-order valence-electron chi connectivity index (χ4n) is 1.07. The van der Waals surface area contributed by atoms with Gasteiger partial charge in [0.25, 0.3) is 0 Å². The van der Waals surface area contributed by atoms with Gasteiger partial charge >= 0.3 is 0 Å². The van der Waals surface area contributed by atoms with Crippen LogP contribution in [0.15, 0.2) is 24.8 Å². The fourth-order valence-corrected chi connectivity index (χ4v) is 1.07. The largest absolute Gasteiger partial charge is 0.545 e. The lowest BCUT2D eigenvalue weighted by Gasteiger charge is -1.96. The summed E-state index contributed by atoms with van der Waals surface area (Å²) >= 11 is 0. The van der Waals surface area contributed by atoms with E-state index in [9.17, 15) is 9.90 Å². The molecule has 0 N–H and O–H groups in total. The fraction of sp³-hybridized carbons (Fsp3) is 0.643. The molecule has 0 fully saturated rings. The van der Waals surface area contributed by atoms with Crippen molar-refractivity contribution in [1.82, 2.24) is 0 Å². The van der Waals surface area contributed by atoms with Crippen LogP contribution in [0.2, 0.25) is 0 Å². The molecule has 2 heteroatoms. The maximum Gasteiger partial charge on any atom is 0.0666 e. The Kier molecular flexibility index (Phi) is 15.1. The molecule has 0 aliphatic heterocycles. The van der Waals surface area contributed by atoms with Crippen LogP contribution in [0.1, 0.15) is 58.8 Å². The van der Waals surface area contributed by atoms with Crippen molar-refractivity contribution in [3.05, 3.63) is 24.8 Å². The highest BCUT2D eigenvalue weighted by Gasteiger charge is 1.86. The zero-order valence-electron chi connectivity index (χ0n) is 10.8. The highest BCUT2D eigenvalue weighted by molar-refractivity contribution is 5.82. The first-order valence-electron chi connectivity index (χ1n) is 6.04. The molecule has 0 atom stereocenters. The number of carbonyl (C=O) groups is 1. The van der Waals surface area contributed by atoms with Crippen LogP contribution >= 0.6 is 0 Å². The Morgan fingerprint density at radius 2 is 1.62 bits per heavy atom. The minimum atomic E-state index is -1.19. The van der Waals surface area contributed by atoms with Gasteiger partial charge in [0.05, 0.1) is 5.97 Å². The van der Waals surface area contributed by atoms with Crippen LogP contribution in [0.3, 0.4) is 0 Å². The molecule has 0 aromatic rings. The Morgan fingerprint density at radius 3 is 2.00 bits per heavy atom. The van der Waals surface area contributed by atoms with E-state index in [1.165, 1.54) is 51.9 Å². The first kappa shape index (κ1) is 17.3. The van der Waals surface area contributed by atoms with Crippen molar-refractivity contribution in [3.8, 4) is 0 Å². The average molecular weight is 225 g/mol. The molecule has 0 spiro atoms. The Hall–Kier alpha value is -1.05. The van der Waals surface area contributed by atoms with Crippen molar-refractivity contribution in [1.29, 1.82) is 0 Å². The predicted octanol–water partition coefficient (Wildman–Crippen LogP) is 3.24. The summed E-state index contributed by atoms with van der Waals surface area (Å²) in [4.78, 5) is 9.49. The van der Waals surface area contributed by atoms with Gasteiger partial charge in [-0.1, -0.05) is 51.7 Å². The number of hydrogen-bond acceptors (Lipinski definition) is 2. The van der Waals surface area contributed by atoms with Gasteiger partial charge in [0, 0.05) is 0 Å². The van der Waals surface area contributed by atoms with E-state index in [4.69, 9.17) is 0 Å². The first-order chi connectivity index (χ1) is 7.56. The molecule has 0 saturated carbocycles. The van der Waals surface area contributed by atoms with Crippen LogP contribution in [0.25, 0.3) is 0 Å². The molecule has 0 heterocycles. The van der Waals surface area contributed by atoms with E-state index < -0.39 is 5.97 Å². The van der Waals surface area contributed by atoms with E-state index in [-0.39, 0.29) is 5.57 Å². The van der Waals surface area contributed by atoms with Crippen LogP contribution in [0.5, 0.6) is 0 Å². The Labute approximate surface area is 100 Å². The van der Waals surface area contributed by atoms with Gasteiger partial charge in [-0.15, -0.1) is 6.58 Å². The average Bonchev–Trinajstić information content (AvgIpc) is 2.24. The van der Waals surface area contributed by atoms with E-state index in [0.717, 1.165) is 0 Å². The highest BCUT2D eigenvalue weighted by atomic mass is 16.4. The van der Waals surface area contributed by atoms with Crippen LogP contribution < -0.4 is 5.11 Å². The van der Waals surface area contributed by atoms with E-state index in [1.807, 2.05) is 6.08 Å². The smallest absolute Gasteiger partial charge is 0.0666 e. The monoisotopic (exact) mass is 225 g/mol. The maximum absolute atomic E-state index is 9.49. The zero-order chi connectivity index (χ0) is 12.8. The van der Waals surface area contributed by atoms with Crippen molar-refractivity contribution < 1.29 is 9.90 Å². The lowest BCUT2D eigenvalue weighted by atomic mass is 10.1. The van der Waals surface area contributed by atoms with E-state index in [0.29, 0.717) is 0 Å². The molecule has 16 heavy (non-hydrogen) atoms. The Morgan fingerprint density at radius 1 is 1.19 bits per heavy atom. The van der Waals surface area contributed by atoms with Gasteiger partial charge in [0.2, 0.25) is 0 Å². The molecular weight excluding hydrogens is 200 g/mol.